The maximum absolute atomic E-state index is 10.1. The van der Waals surface area contributed by atoms with Crippen LogP contribution in [0, 0.1) is 0 Å². The molecule has 0 N–H and O–H groups in total. The van der Waals surface area contributed by atoms with Gasteiger partial charge in [0.1, 0.15) is 0 Å². The first-order valence-corrected chi connectivity index (χ1v) is 6.37. The highest BCUT2D eigenvalue weighted by molar-refractivity contribution is 6.71. The van der Waals surface area contributed by atoms with Crippen LogP contribution in [0.1, 0.15) is 6.42 Å². The van der Waals surface area contributed by atoms with Gasteiger partial charge in [0.25, 0.3) is 0 Å². The molecule has 0 fully saturated rings. The molecule has 0 unspecified atom stereocenters. The van der Waals surface area contributed by atoms with Crippen LogP contribution >= 0.6 is 0 Å². The molecule has 3 heteroatoms. The van der Waals surface area contributed by atoms with Crippen LogP contribution in [-0.2, 0) is 9.53 Å². The predicted octanol–water partition coefficient (Wildman–Crippen LogP) is 1.66. The Morgan fingerprint density at radius 2 is 2.00 bits per heavy atom. The zero-order chi connectivity index (χ0) is 7.33. The summed E-state index contributed by atoms with van der Waals surface area (Å²) in [5.74, 6) is 0. The summed E-state index contributed by atoms with van der Waals surface area (Å²) in [5, 5.41) is 10.1. The van der Waals surface area contributed by atoms with Crippen molar-refractivity contribution < 1.29 is 9.53 Å². The summed E-state index contributed by atoms with van der Waals surface area (Å²) in [5.41, 5.74) is 0. The van der Waals surface area contributed by atoms with E-state index in [0.29, 0.717) is 0 Å². The Balaban J connectivity index is 3.33. The Hall–Kier alpha value is 0.137. The van der Waals surface area contributed by atoms with Crippen molar-refractivity contribution in [3.05, 3.63) is 0 Å². The number of hydrogen-bond donors (Lipinski definition) is 0. The van der Waals surface area contributed by atoms with Gasteiger partial charge in [-0.2, -0.15) is 0 Å². The second-order valence-corrected chi connectivity index (χ2v) is 7.20. The molecule has 0 heterocycles. The molecule has 1 radical (unpaired) electrons. The van der Waals surface area contributed by atoms with Crippen LogP contribution in [0.15, 0.2) is 0 Å². The van der Waals surface area contributed by atoms with E-state index in [4.69, 9.17) is 4.43 Å². The van der Waals surface area contributed by atoms with Crippen LogP contribution in [0.5, 0.6) is 0 Å². The Kier molecular flexibility index (Phi) is 4.09. The van der Waals surface area contributed by atoms with Gasteiger partial charge < -0.3 is 4.43 Å². The van der Waals surface area contributed by atoms with Gasteiger partial charge in [-0.05, 0) is 25.6 Å². The van der Waals surface area contributed by atoms with Crippen molar-refractivity contribution in [2.24, 2.45) is 0 Å². The van der Waals surface area contributed by atoms with Crippen LogP contribution in [0.25, 0.3) is 0 Å². The number of rotatable bonds is 4. The lowest BCUT2D eigenvalue weighted by atomic mass is 10.5. The minimum absolute atomic E-state index is 0.0415. The van der Waals surface area contributed by atoms with Crippen LogP contribution in [0.3, 0.4) is 0 Å². The Bertz CT molecular complexity index is 73.5. The molecule has 0 aliphatic heterocycles. The maximum atomic E-state index is 10.1. The normalized spacial score (nSPS) is 12.0. The SMILES string of the molecule is CO[Si](C)(C)CCC[O]. The lowest BCUT2D eigenvalue weighted by Gasteiger charge is -2.18. The molecule has 0 spiro atoms. The average Bonchev–Trinajstić information content (AvgIpc) is 1.84. The first-order chi connectivity index (χ1) is 4.12. The van der Waals surface area contributed by atoms with Crippen molar-refractivity contribution in [1.82, 2.24) is 0 Å². The Labute approximate surface area is 58.0 Å². The van der Waals surface area contributed by atoms with Crippen molar-refractivity contribution in [3.63, 3.8) is 0 Å². The van der Waals surface area contributed by atoms with E-state index in [1.165, 1.54) is 0 Å². The molecule has 0 amide bonds. The highest BCUT2D eigenvalue weighted by atomic mass is 28.4. The fraction of sp³-hybridized carbons (Fsp3) is 1.00. The molecule has 55 valence electrons. The fourth-order valence-corrected chi connectivity index (χ4v) is 1.80. The minimum Gasteiger partial charge on any atom is -0.420 e. The number of hydrogen-bond acceptors (Lipinski definition) is 1. The third-order valence-corrected chi connectivity index (χ3v) is 4.14. The van der Waals surface area contributed by atoms with Gasteiger partial charge in [0.2, 0.25) is 0 Å². The van der Waals surface area contributed by atoms with Crippen LogP contribution in [0.4, 0.5) is 0 Å². The van der Waals surface area contributed by atoms with Crippen molar-refractivity contribution >= 4 is 8.32 Å². The van der Waals surface area contributed by atoms with Gasteiger partial charge in [0, 0.05) is 7.11 Å². The van der Waals surface area contributed by atoms with E-state index in [1.807, 2.05) is 0 Å². The van der Waals surface area contributed by atoms with E-state index in [-0.39, 0.29) is 6.61 Å². The molecule has 0 saturated carbocycles. The standard InChI is InChI=1S/C6H15O2Si/c1-8-9(2,3)6-4-5-7/h4-6H2,1-3H3. The summed E-state index contributed by atoms with van der Waals surface area (Å²) in [4.78, 5) is 0. The van der Waals surface area contributed by atoms with E-state index in [0.717, 1.165) is 12.5 Å². The van der Waals surface area contributed by atoms with Gasteiger partial charge in [-0.3, -0.25) is 0 Å². The third-order valence-electron chi connectivity index (χ3n) is 1.48. The van der Waals surface area contributed by atoms with Gasteiger partial charge >= 0.3 is 0 Å². The van der Waals surface area contributed by atoms with E-state index >= 15 is 0 Å². The summed E-state index contributed by atoms with van der Waals surface area (Å²) < 4.78 is 5.24. The predicted molar refractivity (Wildman–Crippen MR) is 39.5 cm³/mol. The maximum Gasteiger partial charge on any atom is 0.186 e. The molecule has 0 rings (SSSR count). The van der Waals surface area contributed by atoms with Crippen LogP contribution in [-0.4, -0.2) is 22.0 Å². The zero-order valence-electron chi connectivity index (χ0n) is 6.44. The fourth-order valence-electron chi connectivity index (χ4n) is 0.600. The Morgan fingerprint density at radius 3 is 2.33 bits per heavy atom. The molecule has 0 bridgehead atoms. The summed E-state index contributed by atoms with van der Waals surface area (Å²) in [6.07, 6.45) is 0.771. The van der Waals surface area contributed by atoms with Gasteiger partial charge in [-0.15, -0.1) is 0 Å². The molecule has 0 atom stereocenters. The molecular formula is C6H15O2Si. The van der Waals surface area contributed by atoms with Crippen molar-refractivity contribution in [2.75, 3.05) is 13.7 Å². The zero-order valence-corrected chi connectivity index (χ0v) is 7.44. The summed E-state index contributed by atoms with van der Waals surface area (Å²) in [7, 11) is 0.335. The smallest absolute Gasteiger partial charge is 0.186 e. The van der Waals surface area contributed by atoms with E-state index in [2.05, 4.69) is 13.1 Å². The van der Waals surface area contributed by atoms with Crippen LogP contribution in [0.2, 0.25) is 19.1 Å². The lowest BCUT2D eigenvalue weighted by Crippen LogP contribution is -2.28. The van der Waals surface area contributed by atoms with Gasteiger partial charge in [-0.1, -0.05) is 0 Å². The van der Waals surface area contributed by atoms with Crippen molar-refractivity contribution in [1.29, 1.82) is 0 Å². The summed E-state index contributed by atoms with van der Waals surface area (Å²) >= 11 is 0. The molecule has 2 nitrogen and oxygen atoms in total. The second kappa shape index (κ2) is 4.03. The lowest BCUT2D eigenvalue weighted by molar-refractivity contribution is 0.192. The average molecular weight is 147 g/mol. The third kappa shape index (κ3) is 4.63. The first kappa shape index (κ1) is 9.14. The molecule has 0 aromatic rings. The quantitative estimate of drug-likeness (QED) is 0.556. The summed E-state index contributed by atoms with van der Waals surface area (Å²) in [6.45, 7) is 4.30. The van der Waals surface area contributed by atoms with Crippen molar-refractivity contribution in [2.45, 2.75) is 25.6 Å². The topological polar surface area (TPSA) is 29.1 Å². The van der Waals surface area contributed by atoms with Crippen LogP contribution < -0.4 is 0 Å². The first-order valence-electron chi connectivity index (χ1n) is 3.25. The molecule has 9 heavy (non-hydrogen) atoms. The van der Waals surface area contributed by atoms with E-state index < -0.39 is 8.32 Å². The van der Waals surface area contributed by atoms with E-state index in [9.17, 15) is 5.11 Å². The molecule has 0 aliphatic carbocycles. The summed E-state index contributed by atoms with van der Waals surface area (Å²) in [6, 6.07) is 0.993. The molecule has 0 aliphatic rings. The van der Waals surface area contributed by atoms with E-state index in [1.54, 1.807) is 7.11 Å². The van der Waals surface area contributed by atoms with Gasteiger partial charge in [0.15, 0.2) is 8.32 Å². The van der Waals surface area contributed by atoms with Gasteiger partial charge in [-0.25, -0.2) is 5.11 Å². The molecule has 0 aromatic heterocycles. The Morgan fingerprint density at radius 1 is 1.44 bits per heavy atom. The largest absolute Gasteiger partial charge is 0.420 e. The highest BCUT2D eigenvalue weighted by Crippen LogP contribution is 2.11. The monoisotopic (exact) mass is 147 g/mol. The molecule has 0 aromatic carbocycles. The van der Waals surface area contributed by atoms with Crippen molar-refractivity contribution in [3.8, 4) is 0 Å². The van der Waals surface area contributed by atoms with Gasteiger partial charge in [0.05, 0.1) is 6.61 Å². The highest BCUT2D eigenvalue weighted by Gasteiger charge is 2.18. The second-order valence-electron chi connectivity index (χ2n) is 2.77. The minimum atomic E-state index is -1.40. The molecular weight excluding hydrogens is 132 g/mol. The molecule has 0 saturated heterocycles.